The van der Waals surface area contributed by atoms with Gasteiger partial charge in [0.15, 0.2) is 5.78 Å². The second-order valence-corrected chi connectivity index (χ2v) is 10.6. The number of carbonyl (C=O) groups is 2. The van der Waals surface area contributed by atoms with Crippen LogP contribution >= 0.6 is 0 Å². The number of fused-ring (bicyclic) bond motifs is 2. The molecule has 1 unspecified atom stereocenters. The third-order valence-corrected chi connectivity index (χ3v) is 8.24. The Morgan fingerprint density at radius 3 is 2.89 bits per heavy atom. The number of nitrogens with two attached hydrogens (primary N) is 1. The topological polar surface area (TPSA) is 110 Å². The maximum atomic E-state index is 13.2. The number of hydrogen-bond donors (Lipinski definition) is 1. The molecule has 192 valence electrons. The van der Waals surface area contributed by atoms with Crippen LogP contribution in [0.2, 0.25) is 0 Å². The summed E-state index contributed by atoms with van der Waals surface area (Å²) in [5.74, 6) is 0.933. The fourth-order valence-corrected chi connectivity index (χ4v) is 6.30. The summed E-state index contributed by atoms with van der Waals surface area (Å²) in [6.45, 7) is 5.27. The number of amides is 1. The number of anilines is 2. The zero-order valence-corrected chi connectivity index (χ0v) is 21.3. The van der Waals surface area contributed by atoms with Crippen molar-refractivity contribution in [3.05, 3.63) is 64.6 Å². The van der Waals surface area contributed by atoms with Crippen molar-refractivity contribution < 1.29 is 9.59 Å². The first-order valence-electron chi connectivity index (χ1n) is 13.3. The predicted molar refractivity (Wildman–Crippen MR) is 141 cm³/mol. The number of piperidine rings is 1. The minimum absolute atomic E-state index is 0.00798. The molecule has 37 heavy (non-hydrogen) atoms. The van der Waals surface area contributed by atoms with Gasteiger partial charge >= 0.3 is 0 Å². The molecule has 3 aromatic rings. The van der Waals surface area contributed by atoms with Crippen LogP contribution in [0.5, 0.6) is 0 Å². The van der Waals surface area contributed by atoms with Gasteiger partial charge in [-0.3, -0.25) is 14.5 Å². The zero-order valence-electron chi connectivity index (χ0n) is 21.3. The lowest BCUT2D eigenvalue weighted by molar-refractivity contribution is -0.127. The van der Waals surface area contributed by atoms with E-state index in [1.165, 1.54) is 6.42 Å². The molecule has 0 bridgehead atoms. The zero-order chi connectivity index (χ0) is 25.5. The highest BCUT2D eigenvalue weighted by atomic mass is 16.2. The molecule has 4 heterocycles. The highest BCUT2D eigenvalue weighted by Crippen LogP contribution is 2.38. The van der Waals surface area contributed by atoms with E-state index in [9.17, 15) is 9.59 Å². The normalized spacial score (nSPS) is 21.6. The van der Waals surface area contributed by atoms with Gasteiger partial charge in [-0.15, -0.1) is 5.10 Å². The van der Waals surface area contributed by atoms with Gasteiger partial charge in [0.1, 0.15) is 11.5 Å². The average Bonchev–Trinajstić information content (AvgIpc) is 3.53. The van der Waals surface area contributed by atoms with E-state index in [-0.39, 0.29) is 23.7 Å². The van der Waals surface area contributed by atoms with Crippen LogP contribution in [0.4, 0.5) is 11.5 Å². The third kappa shape index (κ3) is 4.52. The summed E-state index contributed by atoms with van der Waals surface area (Å²) in [6.07, 6.45) is 8.87. The van der Waals surface area contributed by atoms with Gasteiger partial charge in [0.2, 0.25) is 5.91 Å². The first-order chi connectivity index (χ1) is 18.0. The van der Waals surface area contributed by atoms with Crippen LogP contribution in [0, 0.1) is 6.92 Å². The van der Waals surface area contributed by atoms with Crippen molar-refractivity contribution in [1.82, 2.24) is 24.9 Å². The SMILES string of the molecule is Cc1cc(Cn2cc(C(=O)C[C@@H]3CCc4c3ccnc4N)nn2)ccc1N1CCN2CCCCC2C1=O. The molecule has 0 radical (unpaired) electrons. The van der Waals surface area contributed by atoms with Crippen molar-refractivity contribution in [2.75, 3.05) is 30.3 Å². The van der Waals surface area contributed by atoms with Gasteiger partial charge in [0, 0.05) is 31.4 Å². The highest BCUT2D eigenvalue weighted by Gasteiger charge is 2.37. The van der Waals surface area contributed by atoms with Crippen LogP contribution < -0.4 is 10.6 Å². The number of hydrogen-bond acceptors (Lipinski definition) is 7. The van der Waals surface area contributed by atoms with Gasteiger partial charge in [-0.1, -0.05) is 23.8 Å². The van der Waals surface area contributed by atoms with Crippen LogP contribution in [0.25, 0.3) is 0 Å². The molecule has 9 nitrogen and oxygen atoms in total. The van der Waals surface area contributed by atoms with Crippen LogP contribution in [-0.2, 0) is 17.8 Å². The molecule has 2 fully saturated rings. The Labute approximate surface area is 216 Å². The molecule has 2 N–H and O–H groups in total. The van der Waals surface area contributed by atoms with E-state index < -0.39 is 0 Å². The van der Waals surface area contributed by atoms with E-state index in [0.717, 1.165) is 73.3 Å². The molecule has 3 aliphatic rings. The molecule has 2 aliphatic heterocycles. The molecular weight excluding hydrogens is 466 g/mol. The number of ketones is 1. The maximum absolute atomic E-state index is 13.2. The van der Waals surface area contributed by atoms with Gasteiger partial charge in [0.25, 0.3) is 0 Å². The number of piperazine rings is 1. The molecule has 1 amide bonds. The first kappa shape index (κ1) is 23.8. The molecule has 1 aromatic carbocycles. The van der Waals surface area contributed by atoms with Gasteiger partial charge in [0.05, 0.1) is 18.8 Å². The van der Waals surface area contributed by atoms with E-state index in [4.69, 9.17) is 5.73 Å². The number of Topliss-reactive ketones (excluding diaryl/α,β-unsaturated/α-hetero) is 1. The fourth-order valence-electron chi connectivity index (χ4n) is 6.30. The Balaban J connectivity index is 1.11. The standard InChI is InChI=1S/C28H33N7O2/c1-18-14-19(5-8-24(18)35-13-12-33-11-3-2-4-25(33)28(35)37)16-34-17-23(31-32-34)26(36)15-20-6-7-22-21(20)9-10-30-27(22)29/h5,8-10,14,17,20,25H,2-4,6-7,11-13,15-16H2,1H3,(H2,29,30)/t20-,25?/m0/s1. The number of nitrogens with zero attached hydrogens (tertiary/aromatic N) is 6. The molecule has 0 saturated carbocycles. The van der Waals surface area contributed by atoms with Crippen LogP contribution in [-0.4, -0.2) is 62.2 Å². The van der Waals surface area contributed by atoms with Crippen molar-refractivity contribution in [2.24, 2.45) is 0 Å². The molecular formula is C28H33N7O2. The van der Waals surface area contributed by atoms with Crippen molar-refractivity contribution in [2.45, 2.75) is 64.0 Å². The summed E-state index contributed by atoms with van der Waals surface area (Å²) in [7, 11) is 0. The van der Waals surface area contributed by atoms with E-state index in [0.29, 0.717) is 24.5 Å². The smallest absolute Gasteiger partial charge is 0.244 e. The lowest BCUT2D eigenvalue weighted by Crippen LogP contribution is -2.58. The summed E-state index contributed by atoms with van der Waals surface area (Å²) < 4.78 is 1.71. The van der Waals surface area contributed by atoms with Crippen LogP contribution in [0.1, 0.15) is 70.8 Å². The lowest BCUT2D eigenvalue weighted by atomic mass is 9.95. The summed E-state index contributed by atoms with van der Waals surface area (Å²) in [4.78, 5) is 34.6. The van der Waals surface area contributed by atoms with Crippen molar-refractivity contribution >= 4 is 23.2 Å². The molecule has 2 atom stereocenters. The molecule has 6 rings (SSSR count). The Morgan fingerprint density at radius 2 is 2.03 bits per heavy atom. The Hall–Kier alpha value is -3.59. The Kier molecular flexibility index (Phi) is 6.24. The molecule has 1 aliphatic carbocycles. The number of rotatable bonds is 6. The summed E-state index contributed by atoms with van der Waals surface area (Å²) in [5.41, 5.74) is 11.7. The first-order valence-corrected chi connectivity index (χ1v) is 13.3. The van der Waals surface area contributed by atoms with Gasteiger partial charge in [-0.25, -0.2) is 9.67 Å². The van der Waals surface area contributed by atoms with Gasteiger partial charge in [-0.05, 0) is 79.5 Å². The third-order valence-electron chi connectivity index (χ3n) is 8.24. The number of benzene rings is 1. The quantitative estimate of drug-likeness (QED) is 0.519. The Bertz CT molecular complexity index is 1350. The van der Waals surface area contributed by atoms with Crippen molar-refractivity contribution in [3.8, 4) is 0 Å². The van der Waals surface area contributed by atoms with E-state index >= 15 is 0 Å². The Morgan fingerprint density at radius 1 is 1.14 bits per heavy atom. The van der Waals surface area contributed by atoms with Crippen LogP contribution in [0.3, 0.4) is 0 Å². The van der Waals surface area contributed by atoms with E-state index in [2.05, 4.69) is 33.2 Å². The fraction of sp³-hybridized carbons (Fsp3) is 0.464. The van der Waals surface area contributed by atoms with Crippen LogP contribution in [0.15, 0.2) is 36.7 Å². The minimum Gasteiger partial charge on any atom is -0.383 e. The molecule has 9 heteroatoms. The van der Waals surface area contributed by atoms with E-state index in [1.54, 1.807) is 17.1 Å². The molecule has 0 spiro atoms. The number of pyridine rings is 1. The lowest BCUT2D eigenvalue weighted by Gasteiger charge is -2.43. The highest BCUT2D eigenvalue weighted by molar-refractivity contribution is 5.98. The largest absolute Gasteiger partial charge is 0.383 e. The minimum atomic E-state index is -0.00798. The van der Waals surface area contributed by atoms with Gasteiger partial charge in [-0.2, -0.15) is 0 Å². The van der Waals surface area contributed by atoms with Gasteiger partial charge < -0.3 is 10.6 Å². The van der Waals surface area contributed by atoms with Crippen molar-refractivity contribution in [3.63, 3.8) is 0 Å². The predicted octanol–water partition coefficient (Wildman–Crippen LogP) is 3.12. The number of nitrogen functional groups attached to an aromatic ring is 1. The monoisotopic (exact) mass is 499 g/mol. The number of aryl methyl sites for hydroxylation is 1. The van der Waals surface area contributed by atoms with E-state index in [1.807, 2.05) is 23.1 Å². The number of carbonyl (C=O) groups excluding carboxylic acids is 2. The van der Waals surface area contributed by atoms with Crippen molar-refractivity contribution in [1.29, 1.82) is 0 Å². The second kappa shape index (κ2) is 9.70. The summed E-state index contributed by atoms with van der Waals surface area (Å²) >= 11 is 0. The summed E-state index contributed by atoms with van der Waals surface area (Å²) in [5, 5.41) is 8.37. The second-order valence-electron chi connectivity index (χ2n) is 10.6. The maximum Gasteiger partial charge on any atom is 0.244 e. The summed E-state index contributed by atoms with van der Waals surface area (Å²) in [6, 6.07) is 8.19. The average molecular weight is 500 g/mol. The number of aromatic nitrogens is 4. The molecule has 2 saturated heterocycles. The molecule has 2 aromatic heterocycles.